The summed E-state index contributed by atoms with van der Waals surface area (Å²) in [5.41, 5.74) is 9.74. The highest BCUT2D eigenvalue weighted by Crippen LogP contribution is 2.53. The van der Waals surface area contributed by atoms with Gasteiger partial charge in [-0.25, -0.2) is 0 Å². The zero-order chi connectivity index (χ0) is 28.6. The van der Waals surface area contributed by atoms with Crippen LogP contribution in [0.3, 0.4) is 0 Å². The summed E-state index contributed by atoms with van der Waals surface area (Å²) in [6.07, 6.45) is 0. The second kappa shape index (κ2) is 10.5. The van der Waals surface area contributed by atoms with Crippen molar-refractivity contribution < 1.29 is 0 Å². The van der Waals surface area contributed by atoms with E-state index < -0.39 is 0 Å². The van der Waals surface area contributed by atoms with Crippen LogP contribution >= 0.6 is 0 Å². The summed E-state index contributed by atoms with van der Waals surface area (Å²) >= 11 is 0. The molecule has 0 saturated heterocycles. The van der Waals surface area contributed by atoms with Crippen LogP contribution in [0.5, 0.6) is 0 Å². The van der Waals surface area contributed by atoms with Gasteiger partial charge in [-0.1, -0.05) is 91.0 Å². The van der Waals surface area contributed by atoms with Crippen molar-refractivity contribution in [3.63, 3.8) is 0 Å². The Morgan fingerprint density at radius 2 is 0.651 bits per heavy atom. The minimum Gasteiger partial charge on any atom is -0.306 e. The molecule has 0 aliphatic carbocycles. The van der Waals surface area contributed by atoms with Crippen molar-refractivity contribution in [2.75, 3.05) is 9.80 Å². The number of rotatable bonds is 5. The number of benzene rings is 6. The van der Waals surface area contributed by atoms with Crippen LogP contribution in [0.25, 0.3) is 28.5 Å². The van der Waals surface area contributed by atoms with Crippen LogP contribution in [0.4, 0.5) is 34.1 Å². The van der Waals surface area contributed by atoms with Gasteiger partial charge >= 0.3 is 0 Å². The minimum absolute atomic E-state index is 0.798. The Balaban J connectivity index is 1.24. The van der Waals surface area contributed by atoms with Crippen LogP contribution in [0.1, 0.15) is 0 Å². The molecule has 204 valence electrons. The molecule has 8 rings (SSSR count). The van der Waals surface area contributed by atoms with Gasteiger partial charge < -0.3 is 9.80 Å². The predicted octanol–water partition coefficient (Wildman–Crippen LogP) is 9.85. The van der Waals surface area contributed by atoms with Gasteiger partial charge in [-0.3, -0.25) is 4.57 Å². The summed E-state index contributed by atoms with van der Waals surface area (Å²) in [5, 5.41) is 9.33. The first kappa shape index (κ1) is 24.8. The molecule has 1 aliphatic heterocycles. The summed E-state index contributed by atoms with van der Waals surface area (Å²) in [5.74, 6) is 1.61. The Bertz CT molecular complexity index is 1970. The minimum atomic E-state index is 0.798. The fourth-order valence-corrected chi connectivity index (χ4v) is 5.90. The van der Waals surface area contributed by atoms with Crippen molar-refractivity contribution in [3.05, 3.63) is 164 Å². The first-order valence-corrected chi connectivity index (χ1v) is 14.4. The monoisotopic (exact) mass is 553 g/mol. The van der Waals surface area contributed by atoms with Gasteiger partial charge in [0.1, 0.15) is 0 Å². The zero-order valence-electron chi connectivity index (χ0n) is 23.3. The first-order valence-electron chi connectivity index (χ1n) is 14.4. The smallest absolute Gasteiger partial charge is 0.168 e. The van der Waals surface area contributed by atoms with E-state index in [1.807, 2.05) is 36.4 Å². The molecule has 6 aromatic carbocycles. The standard InChI is InChI=1S/C38H27N5/c1-4-14-28(15-5-1)37-39-40-38(43(37)31-18-8-3-9-19-31)29-24-26-32(27-25-29)42-35-22-12-10-20-33(35)41(30-16-6-2-7-17-30)34-21-11-13-23-36(34)42/h1-27H. The Morgan fingerprint density at radius 1 is 0.302 bits per heavy atom. The molecule has 7 aromatic rings. The summed E-state index contributed by atoms with van der Waals surface area (Å²) in [6, 6.07) is 56.8. The van der Waals surface area contributed by atoms with Gasteiger partial charge in [-0.15, -0.1) is 10.2 Å². The van der Waals surface area contributed by atoms with E-state index >= 15 is 0 Å². The van der Waals surface area contributed by atoms with Crippen LogP contribution in [0.15, 0.2) is 164 Å². The molecule has 0 saturated carbocycles. The normalized spacial score (nSPS) is 12.1. The largest absolute Gasteiger partial charge is 0.306 e. The maximum Gasteiger partial charge on any atom is 0.168 e. The highest BCUT2D eigenvalue weighted by Gasteiger charge is 2.30. The summed E-state index contributed by atoms with van der Waals surface area (Å²) in [4.78, 5) is 4.67. The predicted molar refractivity (Wildman–Crippen MR) is 175 cm³/mol. The summed E-state index contributed by atoms with van der Waals surface area (Å²) < 4.78 is 2.13. The Morgan fingerprint density at radius 3 is 1.12 bits per heavy atom. The third-order valence-corrected chi connectivity index (χ3v) is 7.83. The third-order valence-electron chi connectivity index (χ3n) is 7.83. The van der Waals surface area contributed by atoms with Gasteiger partial charge in [0.15, 0.2) is 11.6 Å². The maximum absolute atomic E-state index is 4.69. The summed E-state index contributed by atoms with van der Waals surface area (Å²) in [7, 11) is 0. The highest BCUT2D eigenvalue weighted by molar-refractivity contribution is 6.01. The number of hydrogen-bond donors (Lipinski definition) is 0. The second-order valence-electron chi connectivity index (χ2n) is 10.4. The lowest BCUT2D eigenvalue weighted by atomic mass is 10.0. The van der Waals surface area contributed by atoms with Crippen LogP contribution < -0.4 is 9.80 Å². The fraction of sp³-hybridized carbons (Fsp3) is 0. The van der Waals surface area contributed by atoms with E-state index in [9.17, 15) is 0 Å². The van der Waals surface area contributed by atoms with E-state index in [0.29, 0.717) is 0 Å². The molecular formula is C38H27N5. The lowest BCUT2D eigenvalue weighted by Crippen LogP contribution is -2.23. The number of hydrogen-bond acceptors (Lipinski definition) is 4. The molecule has 5 nitrogen and oxygen atoms in total. The van der Waals surface area contributed by atoms with Crippen molar-refractivity contribution in [2.45, 2.75) is 0 Å². The zero-order valence-corrected chi connectivity index (χ0v) is 23.3. The molecular weight excluding hydrogens is 526 g/mol. The summed E-state index contributed by atoms with van der Waals surface area (Å²) in [6.45, 7) is 0. The molecule has 0 radical (unpaired) electrons. The highest BCUT2D eigenvalue weighted by atomic mass is 15.3. The van der Waals surface area contributed by atoms with Gasteiger partial charge in [-0.05, 0) is 72.8 Å². The topological polar surface area (TPSA) is 37.2 Å². The van der Waals surface area contributed by atoms with Gasteiger partial charge in [0.05, 0.1) is 22.7 Å². The maximum atomic E-state index is 4.69. The number of nitrogens with zero attached hydrogens (tertiary/aromatic N) is 5. The number of aromatic nitrogens is 3. The number of fused-ring (bicyclic) bond motifs is 2. The Labute approximate surface area is 250 Å². The van der Waals surface area contributed by atoms with Gasteiger partial charge in [0, 0.05) is 28.2 Å². The van der Waals surface area contributed by atoms with Crippen LogP contribution in [0.2, 0.25) is 0 Å². The van der Waals surface area contributed by atoms with Crippen LogP contribution in [-0.2, 0) is 0 Å². The van der Waals surface area contributed by atoms with E-state index in [1.165, 1.54) is 0 Å². The molecule has 0 amide bonds. The van der Waals surface area contributed by atoms with Crippen molar-refractivity contribution >= 4 is 34.1 Å². The van der Waals surface area contributed by atoms with Gasteiger partial charge in [0.2, 0.25) is 0 Å². The van der Waals surface area contributed by atoms with Crippen molar-refractivity contribution in [1.29, 1.82) is 0 Å². The molecule has 0 atom stereocenters. The number of anilines is 6. The molecule has 1 aliphatic rings. The van der Waals surface area contributed by atoms with Crippen molar-refractivity contribution in [1.82, 2.24) is 14.8 Å². The molecule has 5 heteroatoms. The van der Waals surface area contributed by atoms with E-state index in [4.69, 9.17) is 0 Å². The van der Waals surface area contributed by atoms with E-state index in [-0.39, 0.29) is 0 Å². The van der Waals surface area contributed by atoms with Gasteiger partial charge in [-0.2, -0.15) is 0 Å². The number of para-hydroxylation sites is 6. The van der Waals surface area contributed by atoms with Crippen molar-refractivity contribution in [3.8, 4) is 28.5 Å². The molecule has 0 bridgehead atoms. The van der Waals surface area contributed by atoms with Crippen LogP contribution in [-0.4, -0.2) is 14.8 Å². The van der Waals surface area contributed by atoms with E-state index in [1.54, 1.807) is 0 Å². The second-order valence-corrected chi connectivity index (χ2v) is 10.4. The molecule has 0 spiro atoms. The first-order chi connectivity index (χ1) is 21.4. The molecule has 0 N–H and O–H groups in total. The Kier molecular flexibility index (Phi) is 6.05. The average molecular weight is 554 g/mol. The van der Waals surface area contributed by atoms with Crippen molar-refractivity contribution in [2.24, 2.45) is 0 Å². The van der Waals surface area contributed by atoms with E-state index in [2.05, 4.69) is 152 Å². The molecule has 0 unspecified atom stereocenters. The molecule has 0 fully saturated rings. The quantitative estimate of drug-likeness (QED) is 0.213. The molecule has 43 heavy (non-hydrogen) atoms. The molecule has 1 aromatic heterocycles. The average Bonchev–Trinajstić information content (AvgIpc) is 3.54. The third kappa shape index (κ3) is 4.26. The molecule has 2 heterocycles. The lowest BCUT2D eigenvalue weighted by Gasteiger charge is -2.40. The fourth-order valence-electron chi connectivity index (χ4n) is 5.90. The lowest BCUT2D eigenvalue weighted by molar-refractivity contribution is 1.07. The SMILES string of the molecule is c1ccc(-c2nnc(-c3ccc(N4c5ccccc5N(c5ccccc5)c5ccccc54)cc3)n2-c2ccccc2)cc1. The van der Waals surface area contributed by atoms with Gasteiger partial charge in [0.25, 0.3) is 0 Å². The Hall–Kier alpha value is -5.94. The van der Waals surface area contributed by atoms with Crippen LogP contribution in [0, 0.1) is 0 Å². The van der Waals surface area contributed by atoms with E-state index in [0.717, 1.165) is 62.6 Å².